The smallest absolute Gasteiger partial charge is 0.328 e. The molecule has 1 heterocycles. The predicted octanol–water partition coefficient (Wildman–Crippen LogP) is -0.373. The molecule has 0 aliphatic rings. The van der Waals surface area contributed by atoms with Gasteiger partial charge in [-0.05, 0) is 6.92 Å². The molecule has 82 valence electrons. The number of nitrogens with zero attached hydrogens (tertiary/aromatic N) is 1. The molecule has 0 fully saturated rings. The second kappa shape index (κ2) is 4.85. The first-order valence-electron chi connectivity index (χ1n) is 4.11. The Balaban J connectivity index is 2.71. The van der Waals surface area contributed by atoms with Crippen LogP contribution in [-0.4, -0.2) is 39.7 Å². The molecule has 6 nitrogen and oxygen atoms in total. The van der Waals surface area contributed by atoms with Gasteiger partial charge >= 0.3 is 5.97 Å². The van der Waals surface area contributed by atoms with E-state index >= 15 is 0 Å². The van der Waals surface area contributed by atoms with Crippen LogP contribution in [0, 0.1) is 6.92 Å². The molecule has 0 spiro atoms. The first-order valence-corrected chi connectivity index (χ1v) is 4.98. The first-order chi connectivity index (χ1) is 7.06. The average Bonchev–Trinajstić information content (AvgIpc) is 2.60. The Morgan fingerprint density at radius 1 is 1.67 bits per heavy atom. The van der Waals surface area contributed by atoms with Gasteiger partial charge in [0.1, 0.15) is 4.88 Å². The molecule has 0 unspecified atom stereocenters. The van der Waals surface area contributed by atoms with Crippen molar-refractivity contribution >= 4 is 23.2 Å². The number of carbonyl (C=O) groups excluding carboxylic acids is 1. The number of aliphatic hydroxyl groups is 1. The van der Waals surface area contributed by atoms with Gasteiger partial charge in [-0.1, -0.05) is 0 Å². The van der Waals surface area contributed by atoms with E-state index in [-0.39, 0.29) is 0 Å². The van der Waals surface area contributed by atoms with Gasteiger partial charge in [-0.3, -0.25) is 4.79 Å². The Labute approximate surface area is 89.6 Å². The fourth-order valence-electron chi connectivity index (χ4n) is 0.929. The van der Waals surface area contributed by atoms with E-state index in [1.54, 1.807) is 6.92 Å². The summed E-state index contributed by atoms with van der Waals surface area (Å²) in [6.07, 6.45) is 0. The zero-order valence-electron chi connectivity index (χ0n) is 7.93. The standard InChI is InChI=1S/C8H10N2O4S/c1-4-6(15-3-9-4)7(12)10-5(2-11)8(13)14/h3,5,11H,2H2,1H3,(H,10,12)(H,13,14)/t5-/m0/s1. The number of hydrogen-bond donors (Lipinski definition) is 3. The van der Waals surface area contributed by atoms with Gasteiger partial charge in [-0.2, -0.15) is 0 Å². The molecule has 0 radical (unpaired) electrons. The second-order valence-corrected chi connectivity index (χ2v) is 3.67. The van der Waals surface area contributed by atoms with Crippen molar-refractivity contribution in [1.29, 1.82) is 0 Å². The van der Waals surface area contributed by atoms with Crippen LogP contribution < -0.4 is 5.32 Å². The number of carboxylic acid groups (broad SMARTS) is 1. The maximum atomic E-state index is 11.5. The van der Waals surface area contributed by atoms with E-state index in [0.717, 1.165) is 11.3 Å². The van der Waals surface area contributed by atoms with Crippen LogP contribution >= 0.6 is 11.3 Å². The monoisotopic (exact) mass is 230 g/mol. The summed E-state index contributed by atoms with van der Waals surface area (Å²) in [5.41, 5.74) is 2.04. The van der Waals surface area contributed by atoms with E-state index in [1.807, 2.05) is 0 Å². The van der Waals surface area contributed by atoms with Crippen molar-refractivity contribution in [3.63, 3.8) is 0 Å². The summed E-state index contributed by atoms with van der Waals surface area (Å²) in [7, 11) is 0. The van der Waals surface area contributed by atoms with Crippen LogP contribution in [0.1, 0.15) is 15.4 Å². The third-order valence-electron chi connectivity index (χ3n) is 1.74. The molecule has 0 aliphatic heterocycles. The average molecular weight is 230 g/mol. The van der Waals surface area contributed by atoms with Gasteiger partial charge in [0.15, 0.2) is 6.04 Å². The van der Waals surface area contributed by atoms with Crippen molar-refractivity contribution in [1.82, 2.24) is 10.3 Å². The lowest BCUT2D eigenvalue weighted by Crippen LogP contribution is -2.43. The maximum Gasteiger partial charge on any atom is 0.328 e. The number of rotatable bonds is 4. The highest BCUT2D eigenvalue weighted by molar-refractivity contribution is 7.11. The number of aromatic nitrogens is 1. The molecule has 0 aliphatic carbocycles. The van der Waals surface area contributed by atoms with Gasteiger partial charge in [0.2, 0.25) is 0 Å². The van der Waals surface area contributed by atoms with Crippen LogP contribution in [0.25, 0.3) is 0 Å². The van der Waals surface area contributed by atoms with E-state index in [4.69, 9.17) is 10.2 Å². The largest absolute Gasteiger partial charge is 0.480 e. The maximum absolute atomic E-state index is 11.5. The molecule has 15 heavy (non-hydrogen) atoms. The fraction of sp³-hybridized carbons (Fsp3) is 0.375. The summed E-state index contributed by atoms with van der Waals surface area (Å²) >= 11 is 1.12. The number of carboxylic acids is 1. The van der Waals surface area contributed by atoms with Gasteiger partial charge in [0, 0.05) is 0 Å². The number of amides is 1. The van der Waals surface area contributed by atoms with Gasteiger partial charge in [0.25, 0.3) is 5.91 Å². The highest BCUT2D eigenvalue weighted by atomic mass is 32.1. The van der Waals surface area contributed by atoms with E-state index in [9.17, 15) is 9.59 Å². The summed E-state index contributed by atoms with van der Waals surface area (Å²) in [5, 5.41) is 19.5. The molecule has 7 heteroatoms. The molecule has 0 aromatic carbocycles. The molecule has 0 bridgehead atoms. The lowest BCUT2D eigenvalue weighted by atomic mass is 10.3. The van der Waals surface area contributed by atoms with E-state index < -0.39 is 24.5 Å². The molecule has 1 aromatic rings. The van der Waals surface area contributed by atoms with Crippen molar-refractivity contribution in [3.8, 4) is 0 Å². The Morgan fingerprint density at radius 2 is 2.33 bits per heavy atom. The summed E-state index contributed by atoms with van der Waals surface area (Å²) < 4.78 is 0. The van der Waals surface area contributed by atoms with E-state index in [0.29, 0.717) is 10.6 Å². The summed E-state index contributed by atoms with van der Waals surface area (Å²) in [5.74, 6) is -1.80. The molecule has 3 N–H and O–H groups in total. The summed E-state index contributed by atoms with van der Waals surface area (Å²) in [6, 6.07) is -1.28. The Bertz CT molecular complexity index is 376. The van der Waals surface area contributed by atoms with E-state index in [2.05, 4.69) is 10.3 Å². The lowest BCUT2D eigenvalue weighted by Gasteiger charge is -2.10. The number of aryl methyl sites for hydroxylation is 1. The molecule has 0 saturated carbocycles. The van der Waals surface area contributed by atoms with Crippen LogP contribution in [-0.2, 0) is 4.79 Å². The number of aliphatic hydroxyl groups excluding tert-OH is 1. The lowest BCUT2D eigenvalue weighted by molar-refractivity contribution is -0.140. The molecule has 0 saturated heterocycles. The van der Waals surface area contributed by atoms with Gasteiger partial charge in [0.05, 0.1) is 17.8 Å². The first kappa shape index (κ1) is 11.6. The van der Waals surface area contributed by atoms with Crippen molar-refractivity contribution < 1.29 is 19.8 Å². The SMILES string of the molecule is Cc1ncsc1C(=O)N[C@@H](CO)C(=O)O. The Hall–Kier alpha value is -1.47. The van der Waals surface area contributed by atoms with Crippen molar-refractivity contribution in [2.75, 3.05) is 6.61 Å². The number of nitrogens with one attached hydrogen (secondary N) is 1. The van der Waals surface area contributed by atoms with Crippen molar-refractivity contribution in [2.24, 2.45) is 0 Å². The zero-order chi connectivity index (χ0) is 11.4. The topological polar surface area (TPSA) is 99.5 Å². The number of thiazole rings is 1. The molecule has 1 aromatic heterocycles. The zero-order valence-corrected chi connectivity index (χ0v) is 8.74. The molecule has 1 amide bonds. The molecule has 1 rings (SSSR count). The van der Waals surface area contributed by atoms with Crippen LogP contribution in [0.5, 0.6) is 0 Å². The normalized spacial score (nSPS) is 12.1. The number of carbonyl (C=O) groups is 2. The van der Waals surface area contributed by atoms with Gasteiger partial charge in [-0.15, -0.1) is 11.3 Å². The van der Waals surface area contributed by atoms with Crippen LogP contribution in [0.15, 0.2) is 5.51 Å². The van der Waals surface area contributed by atoms with Crippen molar-refractivity contribution in [3.05, 3.63) is 16.1 Å². The van der Waals surface area contributed by atoms with Gasteiger partial charge < -0.3 is 15.5 Å². The van der Waals surface area contributed by atoms with Gasteiger partial charge in [-0.25, -0.2) is 9.78 Å². The van der Waals surface area contributed by atoms with Crippen LogP contribution in [0.3, 0.4) is 0 Å². The predicted molar refractivity (Wildman–Crippen MR) is 52.8 cm³/mol. The van der Waals surface area contributed by atoms with E-state index in [1.165, 1.54) is 5.51 Å². The minimum Gasteiger partial charge on any atom is -0.480 e. The van der Waals surface area contributed by atoms with Crippen molar-refractivity contribution in [2.45, 2.75) is 13.0 Å². The Kier molecular flexibility index (Phi) is 3.75. The highest BCUT2D eigenvalue weighted by Crippen LogP contribution is 2.11. The van der Waals surface area contributed by atoms with Crippen LogP contribution in [0.2, 0.25) is 0 Å². The third kappa shape index (κ3) is 2.74. The Morgan fingerprint density at radius 3 is 2.73 bits per heavy atom. The van der Waals surface area contributed by atoms with Crippen LogP contribution in [0.4, 0.5) is 0 Å². The number of hydrogen-bond acceptors (Lipinski definition) is 5. The second-order valence-electron chi connectivity index (χ2n) is 2.81. The molecular formula is C8H10N2O4S. The third-order valence-corrected chi connectivity index (χ3v) is 2.67. The molecule has 1 atom stereocenters. The minimum absolute atomic E-state index is 0.356. The fourth-order valence-corrected chi connectivity index (χ4v) is 1.63. The summed E-state index contributed by atoms with van der Waals surface area (Å²) in [4.78, 5) is 26.2. The summed E-state index contributed by atoms with van der Waals surface area (Å²) in [6.45, 7) is 1.01. The number of aliphatic carboxylic acids is 1. The molecular weight excluding hydrogens is 220 g/mol. The quantitative estimate of drug-likeness (QED) is 0.655. The minimum atomic E-state index is -1.28. The highest BCUT2D eigenvalue weighted by Gasteiger charge is 2.21.